The van der Waals surface area contributed by atoms with Gasteiger partial charge in [0.1, 0.15) is 6.10 Å². The van der Waals surface area contributed by atoms with Gasteiger partial charge in [0, 0.05) is 13.7 Å². The minimum absolute atomic E-state index is 0.272. The Balaban J connectivity index is 3.45. The average molecular weight is 439 g/mol. The van der Waals surface area contributed by atoms with E-state index in [0.717, 1.165) is 19.3 Å². The van der Waals surface area contributed by atoms with Crippen LogP contribution in [0.3, 0.4) is 0 Å². The third-order valence-corrected chi connectivity index (χ3v) is 6.56. The fourth-order valence-electron chi connectivity index (χ4n) is 3.56. The van der Waals surface area contributed by atoms with Crippen LogP contribution in [0.25, 0.3) is 0 Å². The van der Waals surface area contributed by atoms with Crippen LogP contribution < -0.4 is 0 Å². The molecule has 176 valence electrons. The number of unbranched alkanes of at least 4 members (excludes halogenated alkanes) is 15. The maximum absolute atomic E-state index is 11.5. The molecule has 0 saturated heterocycles. The average Bonchev–Trinajstić information content (AvgIpc) is 2.68. The number of methoxy groups -OCH3 is 1. The fraction of sp³-hybridized carbons (Fsp3) is 1.00. The molecule has 0 aliphatic carbocycles. The van der Waals surface area contributed by atoms with Gasteiger partial charge in [-0.3, -0.25) is 4.57 Å². The molecule has 0 fully saturated rings. The Hall–Kier alpha value is 0.0300. The maximum Gasteiger partial charge on any atom is 0.356 e. The second-order valence-electron chi connectivity index (χ2n) is 8.11. The highest BCUT2D eigenvalue weighted by molar-refractivity contribution is 7.52. The summed E-state index contributed by atoms with van der Waals surface area (Å²) < 4.78 is 21.7. The van der Waals surface area contributed by atoms with Crippen molar-refractivity contribution in [3.05, 3.63) is 0 Å². The molecule has 0 saturated carbocycles. The summed E-state index contributed by atoms with van der Waals surface area (Å²) in [5.74, 6) is -1.39. The third-order valence-electron chi connectivity index (χ3n) is 5.42. The molecule has 0 amide bonds. The van der Waals surface area contributed by atoms with Crippen molar-refractivity contribution >= 4 is 7.60 Å². The lowest BCUT2D eigenvalue weighted by Gasteiger charge is -2.25. The van der Waals surface area contributed by atoms with Gasteiger partial charge in [-0.05, 0) is 6.42 Å². The van der Waals surface area contributed by atoms with E-state index < -0.39 is 26.2 Å². The molecule has 7 heteroatoms. The topological polar surface area (TPSA) is 96.2 Å². The SMILES string of the molecule is CCCCCCCCCCCCCCCCCCOC([C@H](CO)OC)P(=O)(O)O. The van der Waals surface area contributed by atoms with E-state index in [-0.39, 0.29) is 6.61 Å². The largest absolute Gasteiger partial charge is 0.394 e. The van der Waals surface area contributed by atoms with E-state index in [2.05, 4.69) is 6.92 Å². The summed E-state index contributed by atoms with van der Waals surface area (Å²) >= 11 is 0. The van der Waals surface area contributed by atoms with Gasteiger partial charge in [0.15, 0.2) is 5.85 Å². The number of hydrogen-bond donors (Lipinski definition) is 3. The van der Waals surface area contributed by atoms with Crippen LogP contribution in [0.4, 0.5) is 0 Å². The molecule has 0 heterocycles. The van der Waals surface area contributed by atoms with Crippen LogP contribution in [-0.2, 0) is 14.0 Å². The van der Waals surface area contributed by atoms with Crippen molar-refractivity contribution in [1.29, 1.82) is 0 Å². The monoisotopic (exact) mass is 438 g/mol. The highest BCUT2D eigenvalue weighted by Gasteiger charge is 2.37. The number of aliphatic hydroxyl groups excluding tert-OH is 1. The van der Waals surface area contributed by atoms with Crippen LogP contribution in [0.5, 0.6) is 0 Å². The van der Waals surface area contributed by atoms with Gasteiger partial charge in [-0.15, -0.1) is 0 Å². The zero-order valence-electron chi connectivity index (χ0n) is 18.9. The zero-order valence-corrected chi connectivity index (χ0v) is 19.8. The van der Waals surface area contributed by atoms with E-state index >= 15 is 0 Å². The lowest BCUT2D eigenvalue weighted by atomic mass is 10.0. The van der Waals surface area contributed by atoms with Crippen molar-refractivity contribution in [2.45, 2.75) is 122 Å². The number of rotatable bonds is 22. The summed E-state index contributed by atoms with van der Waals surface area (Å²) in [4.78, 5) is 18.7. The molecule has 0 aromatic rings. The Kier molecular flexibility index (Phi) is 20.0. The standard InChI is InChI=1S/C22H47O6P/c1-3-4-5-6-7-8-9-10-11-12-13-14-15-16-17-18-19-28-22(29(24,25)26)21(20-23)27-2/h21-23H,3-20H2,1-2H3,(H2,24,25,26)/t21-,22?/m0/s1. The smallest absolute Gasteiger partial charge is 0.356 e. The van der Waals surface area contributed by atoms with E-state index in [9.17, 15) is 14.4 Å². The first-order chi connectivity index (χ1) is 14.0. The fourth-order valence-corrected chi connectivity index (χ4v) is 4.51. The van der Waals surface area contributed by atoms with E-state index in [0.29, 0.717) is 0 Å². The molecule has 0 aromatic heterocycles. The predicted molar refractivity (Wildman–Crippen MR) is 119 cm³/mol. The quantitative estimate of drug-likeness (QED) is 0.147. The van der Waals surface area contributed by atoms with E-state index in [1.165, 1.54) is 90.6 Å². The number of ether oxygens (including phenoxy) is 2. The van der Waals surface area contributed by atoms with Gasteiger partial charge in [0.25, 0.3) is 0 Å². The van der Waals surface area contributed by atoms with Gasteiger partial charge in [0.2, 0.25) is 0 Å². The molecule has 0 aliphatic heterocycles. The maximum atomic E-state index is 11.5. The van der Waals surface area contributed by atoms with Gasteiger partial charge in [-0.2, -0.15) is 0 Å². The van der Waals surface area contributed by atoms with E-state index in [4.69, 9.17) is 14.6 Å². The summed E-state index contributed by atoms with van der Waals surface area (Å²) in [5, 5.41) is 9.15. The Bertz CT molecular complexity index is 383. The van der Waals surface area contributed by atoms with Crippen molar-refractivity contribution in [3.8, 4) is 0 Å². The molecule has 0 spiro atoms. The summed E-state index contributed by atoms with van der Waals surface area (Å²) in [6.45, 7) is 2.05. The van der Waals surface area contributed by atoms with Crippen molar-refractivity contribution in [3.63, 3.8) is 0 Å². The summed E-state index contributed by atoms with van der Waals surface area (Å²) in [6, 6.07) is 0. The summed E-state index contributed by atoms with van der Waals surface area (Å²) in [7, 11) is -3.16. The Morgan fingerprint density at radius 2 is 1.10 bits per heavy atom. The molecule has 0 bridgehead atoms. The Labute approximate surface area is 178 Å². The van der Waals surface area contributed by atoms with Gasteiger partial charge < -0.3 is 24.4 Å². The van der Waals surface area contributed by atoms with Crippen LogP contribution in [0, 0.1) is 0 Å². The molecule has 6 nitrogen and oxygen atoms in total. The molecular formula is C22H47O6P. The first-order valence-corrected chi connectivity index (χ1v) is 13.5. The molecule has 0 radical (unpaired) electrons. The number of aliphatic hydroxyl groups is 1. The molecule has 1 unspecified atom stereocenters. The minimum Gasteiger partial charge on any atom is -0.394 e. The number of hydrogen-bond acceptors (Lipinski definition) is 4. The second-order valence-corrected chi connectivity index (χ2v) is 9.80. The van der Waals surface area contributed by atoms with Crippen LogP contribution >= 0.6 is 7.60 Å². The highest BCUT2D eigenvalue weighted by Crippen LogP contribution is 2.44. The van der Waals surface area contributed by atoms with Crippen molar-refractivity contribution in [2.24, 2.45) is 0 Å². The van der Waals surface area contributed by atoms with Gasteiger partial charge in [0.05, 0.1) is 6.61 Å². The summed E-state index contributed by atoms with van der Waals surface area (Å²) in [6.07, 6.45) is 19.4. The zero-order chi connectivity index (χ0) is 21.8. The Morgan fingerprint density at radius 3 is 1.41 bits per heavy atom. The van der Waals surface area contributed by atoms with Gasteiger partial charge >= 0.3 is 7.60 Å². The van der Waals surface area contributed by atoms with Crippen LogP contribution in [0.2, 0.25) is 0 Å². The lowest BCUT2D eigenvalue weighted by Crippen LogP contribution is -2.34. The second kappa shape index (κ2) is 20.0. The molecule has 0 aliphatic rings. The van der Waals surface area contributed by atoms with E-state index in [1.54, 1.807) is 0 Å². The van der Waals surface area contributed by atoms with Crippen molar-refractivity contribution in [2.75, 3.05) is 20.3 Å². The third kappa shape index (κ3) is 17.4. The van der Waals surface area contributed by atoms with Crippen molar-refractivity contribution in [1.82, 2.24) is 0 Å². The molecule has 0 aromatic carbocycles. The van der Waals surface area contributed by atoms with Gasteiger partial charge in [-0.1, -0.05) is 103 Å². The first kappa shape index (κ1) is 29.0. The molecule has 3 N–H and O–H groups in total. The van der Waals surface area contributed by atoms with E-state index in [1.807, 2.05) is 0 Å². The molecule has 29 heavy (non-hydrogen) atoms. The van der Waals surface area contributed by atoms with Gasteiger partial charge in [-0.25, -0.2) is 0 Å². The van der Waals surface area contributed by atoms with Crippen LogP contribution in [0.1, 0.15) is 110 Å². The normalized spacial score (nSPS) is 14.2. The predicted octanol–water partition coefficient (Wildman–Crippen LogP) is 5.78. The molecule has 2 atom stereocenters. The van der Waals surface area contributed by atoms with Crippen molar-refractivity contribution < 1.29 is 28.9 Å². The lowest BCUT2D eigenvalue weighted by molar-refractivity contribution is -0.0502. The molecule has 0 rings (SSSR count). The van der Waals surface area contributed by atoms with Crippen LogP contribution in [0.15, 0.2) is 0 Å². The highest BCUT2D eigenvalue weighted by atomic mass is 31.2. The first-order valence-electron chi connectivity index (χ1n) is 11.8. The van der Waals surface area contributed by atoms with Crippen LogP contribution in [-0.4, -0.2) is 47.2 Å². The minimum atomic E-state index is -4.46. The Morgan fingerprint density at radius 1 is 0.724 bits per heavy atom. The molecular weight excluding hydrogens is 391 g/mol. The summed E-state index contributed by atoms with van der Waals surface area (Å²) in [5.41, 5.74) is 0.